The van der Waals surface area contributed by atoms with Gasteiger partial charge in [-0.15, -0.1) is 0 Å². The summed E-state index contributed by atoms with van der Waals surface area (Å²) in [5.74, 6) is -2.33. The Morgan fingerprint density at radius 3 is 2.84 bits per heavy atom. The zero-order chi connectivity index (χ0) is 23.2. The first-order valence-electron chi connectivity index (χ1n) is 10.4. The van der Waals surface area contributed by atoms with Crippen LogP contribution in [0.2, 0.25) is 5.02 Å². The summed E-state index contributed by atoms with van der Waals surface area (Å²) in [6.07, 6.45) is 0.436. The Hall–Kier alpha value is -2.72. The lowest BCUT2D eigenvalue weighted by atomic mass is 10.0. The highest BCUT2D eigenvalue weighted by Gasteiger charge is 2.36. The van der Waals surface area contributed by atoms with Gasteiger partial charge in [0.05, 0.1) is 24.0 Å². The highest BCUT2D eigenvalue weighted by atomic mass is 35.5. The summed E-state index contributed by atoms with van der Waals surface area (Å²) >= 11 is 5.59. The maximum atomic E-state index is 14.2. The van der Waals surface area contributed by atoms with E-state index < -0.39 is 28.8 Å². The molecule has 0 radical (unpaired) electrons. The van der Waals surface area contributed by atoms with Crippen molar-refractivity contribution in [1.82, 2.24) is 19.6 Å². The number of nitrogens with one attached hydrogen (secondary N) is 1. The van der Waals surface area contributed by atoms with Gasteiger partial charge in [-0.3, -0.25) is 9.48 Å². The average molecular weight is 468 g/mol. The van der Waals surface area contributed by atoms with Gasteiger partial charge in [0.2, 0.25) is 0 Å². The summed E-state index contributed by atoms with van der Waals surface area (Å²) in [5.41, 5.74) is 1.55. The van der Waals surface area contributed by atoms with Crippen LogP contribution in [0.25, 0.3) is 0 Å². The number of benzene rings is 1. The van der Waals surface area contributed by atoms with E-state index in [2.05, 4.69) is 10.4 Å². The number of amides is 3. The third kappa shape index (κ3) is 3.93. The van der Waals surface area contributed by atoms with Crippen LogP contribution in [0.5, 0.6) is 0 Å². The van der Waals surface area contributed by atoms with Crippen LogP contribution in [-0.4, -0.2) is 62.9 Å². The molecule has 0 saturated heterocycles. The summed E-state index contributed by atoms with van der Waals surface area (Å²) in [5, 5.41) is 16.7. The third-order valence-corrected chi connectivity index (χ3v) is 6.44. The molecule has 2 aliphatic heterocycles. The standard InChI is InChI=1S/C21H24ClF2N5O3/c1-3-16(30)11-8-27(2)20(31)19-12-10-28(7-6-14(12)26-29(19)9-11)21(32)25-15-5-4-13(23)17(22)18(15)24/h4-5,11,16,30H,3,6-10H2,1-2H3,(H,25,32). The van der Waals surface area contributed by atoms with Gasteiger partial charge in [0, 0.05) is 44.6 Å². The molecule has 0 fully saturated rings. The number of hydrogen-bond acceptors (Lipinski definition) is 4. The van der Waals surface area contributed by atoms with Gasteiger partial charge in [-0.1, -0.05) is 18.5 Å². The number of aliphatic hydroxyl groups excluding tert-OH is 1. The SMILES string of the molecule is CCC(O)C1CN(C)C(=O)c2c3c(nn2C1)CCN(C(=O)Nc1ccc(F)c(Cl)c1F)C3. The van der Waals surface area contributed by atoms with E-state index in [-0.39, 0.29) is 24.1 Å². The van der Waals surface area contributed by atoms with E-state index in [1.165, 1.54) is 4.90 Å². The van der Waals surface area contributed by atoms with Crippen molar-refractivity contribution >= 4 is 29.2 Å². The lowest BCUT2D eigenvalue weighted by Crippen LogP contribution is -2.40. The Labute approximate surface area is 188 Å². The molecule has 2 unspecified atom stereocenters. The minimum Gasteiger partial charge on any atom is -0.393 e. The number of anilines is 1. The highest BCUT2D eigenvalue weighted by Crippen LogP contribution is 2.29. The number of urea groups is 1. The van der Waals surface area contributed by atoms with Gasteiger partial charge >= 0.3 is 6.03 Å². The van der Waals surface area contributed by atoms with Crippen molar-refractivity contribution in [3.8, 4) is 0 Å². The lowest BCUT2D eigenvalue weighted by Gasteiger charge is -2.28. The lowest BCUT2D eigenvalue weighted by molar-refractivity contribution is 0.0626. The molecule has 11 heteroatoms. The molecule has 0 spiro atoms. The first-order chi connectivity index (χ1) is 15.2. The number of hydrogen-bond donors (Lipinski definition) is 2. The van der Waals surface area contributed by atoms with Crippen LogP contribution < -0.4 is 5.32 Å². The molecule has 0 aliphatic carbocycles. The van der Waals surface area contributed by atoms with Gasteiger partial charge in [-0.2, -0.15) is 5.10 Å². The maximum absolute atomic E-state index is 14.2. The third-order valence-electron chi connectivity index (χ3n) is 6.09. The second-order valence-corrected chi connectivity index (χ2v) is 8.58. The highest BCUT2D eigenvalue weighted by molar-refractivity contribution is 6.31. The van der Waals surface area contributed by atoms with Crippen LogP contribution in [0, 0.1) is 17.6 Å². The van der Waals surface area contributed by atoms with Gasteiger partial charge in [-0.05, 0) is 18.6 Å². The molecule has 2 atom stereocenters. The molecule has 1 aromatic carbocycles. The molecule has 1 aromatic heterocycles. The number of nitrogens with zero attached hydrogens (tertiary/aromatic N) is 4. The van der Waals surface area contributed by atoms with Gasteiger partial charge < -0.3 is 20.2 Å². The van der Waals surface area contributed by atoms with Crippen molar-refractivity contribution in [1.29, 1.82) is 0 Å². The number of carbonyl (C=O) groups is 2. The van der Waals surface area contributed by atoms with E-state index in [4.69, 9.17) is 11.6 Å². The minimum atomic E-state index is -1.05. The first kappa shape index (κ1) is 22.5. The maximum Gasteiger partial charge on any atom is 0.322 e. The van der Waals surface area contributed by atoms with Crippen molar-refractivity contribution in [2.45, 2.75) is 39.0 Å². The molecule has 2 aliphatic rings. The van der Waals surface area contributed by atoms with E-state index in [9.17, 15) is 23.5 Å². The Kier molecular flexibility index (Phi) is 6.09. The number of fused-ring (bicyclic) bond motifs is 3. The summed E-state index contributed by atoms with van der Waals surface area (Å²) in [4.78, 5) is 28.8. The smallest absolute Gasteiger partial charge is 0.322 e. The second kappa shape index (κ2) is 8.67. The summed E-state index contributed by atoms with van der Waals surface area (Å²) in [7, 11) is 1.68. The predicted octanol–water partition coefficient (Wildman–Crippen LogP) is 2.88. The van der Waals surface area contributed by atoms with Crippen molar-refractivity contribution in [2.24, 2.45) is 5.92 Å². The Morgan fingerprint density at radius 2 is 2.12 bits per heavy atom. The van der Waals surface area contributed by atoms with Crippen molar-refractivity contribution in [3.05, 3.63) is 45.7 Å². The van der Waals surface area contributed by atoms with Gasteiger partial charge in [0.1, 0.15) is 16.5 Å². The predicted molar refractivity (Wildman–Crippen MR) is 113 cm³/mol. The van der Waals surface area contributed by atoms with Crippen molar-refractivity contribution in [2.75, 3.05) is 25.5 Å². The molecular formula is C21H24ClF2N5O3. The molecule has 8 nitrogen and oxygen atoms in total. The number of aromatic nitrogens is 2. The summed E-state index contributed by atoms with van der Waals surface area (Å²) in [6.45, 7) is 3.13. The number of halogens is 3. The molecule has 2 N–H and O–H groups in total. The number of aliphatic hydroxyl groups is 1. The molecule has 0 saturated carbocycles. The Bertz CT molecular complexity index is 1080. The van der Waals surface area contributed by atoms with Gasteiger partial charge in [0.25, 0.3) is 5.91 Å². The number of rotatable bonds is 3. The van der Waals surface area contributed by atoms with Crippen LogP contribution in [-0.2, 0) is 19.5 Å². The zero-order valence-electron chi connectivity index (χ0n) is 17.7. The topological polar surface area (TPSA) is 90.7 Å². The fourth-order valence-corrected chi connectivity index (χ4v) is 4.42. The van der Waals surface area contributed by atoms with Crippen molar-refractivity contribution in [3.63, 3.8) is 0 Å². The fraction of sp³-hybridized carbons (Fsp3) is 0.476. The Morgan fingerprint density at radius 1 is 1.38 bits per heavy atom. The van der Waals surface area contributed by atoms with E-state index in [0.717, 1.165) is 17.8 Å². The molecule has 32 heavy (non-hydrogen) atoms. The monoisotopic (exact) mass is 467 g/mol. The first-order valence-corrected chi connectivity index (χ1v) is 10.8. The van der Waals surface area contributed by atoms with Crippen LogP contribution in [0.1, 0.15) is 35.1 Å². The molecule has 3 amide bonds. The normalized spacial score (nSPS) is 19.3. The van der Waals surface area contributed by atoms with E-state index >= 15 is 0 Å². The second-order valence-electron chi connectivity index (χ2n) is 8.20. The summed E-state index contributed by atoms with van der Waals surface area (Å²) in [6, 6.07) is 1.49. The van der Waals surface area contributed by atoms with Crippen LogP contribution in [0.4, 0.5) is 19.3 Å². The average Bonchev–Trinajstić information content (AvgIpc) is 3.08. The van der Waals surface area contributed by atoms with Crippen LogP contribution >= 0.6 is 11.6 Å². The van der Waals surface area contributed by atoms with Gasteiger partial charge in [-0.25, -0.2) is 13.6 Å². The molecule has 172 valence electrons. The van der Waals surface area contributed by atoms with Crippen LogP contribution in [0.3, 0.4) is 0 Å². The largest absolute Gasteiger partial charge is 0.393 e. The Balaban J connectivity index is 1.58. The van der Waals surface area contributed by atoms with Crippen molar-refractivity contribution < 1.29 is 23.5 Å². The van der Waals surface area contributed by atoms with Gasteiger partial charge in [0.15, 0.2) is 5.82 Å². The van der Waals surface area contributed by atoms with E-state index in [0.29, 0.717) is 43.7 Å². The minimum absolute atomic E-state index is 0.119. The molecule has 2 aromatic rings. The van der Waals surface area contributed by atoms with E-state index in [1.54, 1.807) is 16.6 Å². The summed E-state index contributed by atoms with van der Waals surface area (Å²) < 4.78 is 29.2. The fourth-order valence-electron chi connectivity index (χ4n) is 4.26. The number of carbonyl (C=O) groups excluding carboxylic acids is 2. The quantitative estimate of drug-likeness (QED) is 0.679. The van der Waals surface area contributed by atoms with E-state index in [1.807, 2.05) is 6.92 Å². The molecule has 3 heterocycles. The molecule has 4 rings (SSSR count). The zero-order valence-corrected chi connectivity index (χ0v) is 18.5. The molecular weight excluding hydrogens is 444 g/mol. The molecule has 0 bridgehead atoms. The van der Waals surface area contributed by atoms with Crippen LogP contribution in [0.15, 0.2) is 12.1 Å².